The second kappa shape index (κ2) is 8.29. The minimum absolute atomic E-state index is 0.139. The lowest BCUT2D eigenvalue weighted by Gasteiger charge is -2.38. The van der Waals surface area contributed by atoms with Gasteiger partial charge < -0.3 is 24.1 Å². The molecule has 0 radical (unpaired) electrons. The summed E-state index contributed by atoms with van der Waals surface area (Å²) in [6, 6.07) is 3.00. The van der Waals surface area contributed by atoms with Crippen LogP contribution in [0.2, 0.25) is 0 Å². The molecule has 0 aromatic heterocycles. The molecule has 0 saturated carbocycles. The van der Waals surface area contributed by atoms with E-state index < -0.39 is 24.1 Å². The Labute approximate surface area is 153 Å². The molecule has 1 aromatic rings. The van der Waals surface area contributed by atoms with E-state index >= 15 is 0 Å². The van der Waals surface area contributed by atoms with Crippen LogP contribution in [0.4, 0.5) is 0 Å². The molecule has 7 heteroatoms. The fourth-order valence-electron chi connectivity index (χ4n) is 3.25. The first-order chi connectivity index (χ1) is 12.4. The molecule has 1 aromatic carbocycles. The third-order valence-corrected chi connectivity index (χ3v) is 4.60. The second-order valence-electron chi connectivity index (χ2n) is 6.37. The van der Waals surface area contributed by atoms with Crippen molar-refractivity contribution in [3.8, 4) is 17.2 Å². The molecule has 0 amide bonds. The molecule has 26 heavy (non-hydrogen) atoms. The normalized spacial score (nSPS) is 17.2. The van der Waals surface area contributed by atoms with Gasteiger partial charge in [-0.2, -0.15) is 0 Å². The van der Waals surface area contributed by atoms with Crippen LogP contribution in [0.25, 0.3) is 0 Å². The van der Waals surface area contributed by atoms with Crippen molar-refractivity contribution in [1.29, 1.82) is 0 Å². The molecule has 1 atom stereocenters. The third-order valence-electron chi connectivity index (χ3n) is 4.60. The summed E-state index contributed by atoms with van der Waals surface area (Å²) in [4.78, 5) is 24.1. The van der Waals surface area contributed by atoms with Gasteiger partial charge in [-0.15, -0.1) is 0 Å². The van der Waals surface area contributed by atoms with Crippen molar-refractivity contribution in [1.82, 2.24) is 0 Å². The maximum absolute atomic E-state index is 12.0. The topological polar surface area (TPSA) is 91.3 Å². The molecule has 1 N–H and O–H groups in total. The summed E-state index contributed by atoms with van der Waals surface area (Å²) in [5.74, 6) is -2.55. The highest BCUT2D eigenvalue weighted by atomic mass is 16.7. The number of methoxy groups -OCH3 is 2. The molecular weight excluding hydrogens is 340 g/mol. The predicted molar refractivity (Wildman–Crippen MR) is 93.0 cm³/mol. The Hall–Kier alpha value is -2.44. The van der Waals surface area contributed by atoms with E-state index in [1.54, 1.807) is 0 Å². The molecule has 1 unspecified atom stereocenters. The zero-order chi connectivity index (χ0) is 19.3. The number of hydrogen-bond donors (Lipinski definition) is 1. The number of phenolic OH excluding ortho intramolecular Hbond substituents is 1. The molecule has 144 valence electrons. The van der Waals surface area contributed by atoms with Crippen molar-refractivity contribution < 1.29 is 33.6 Å². The number of benzene rings is 1. The summed E-state index contributed by atoms with van der Waals surface area (Å²) >= 11 is 0. The number of cyclic esters (lactones) is 2. The quantitative estimate of drug-likeness (QED) is 0.558. The molecule has 0 spiro atoms. The summed E-state index contributed by atoms with van der Waals surface area (Å²) in [5, 5.41) is 10.1. The lowest BCUT2D eigenvalue weighted by atomic mass is 9.88. The van der Waals surface area contributed by atoms with E-state index in [0.717, 1.165) is 19.3 Å². The molecule has 1 fully saturated rings. The van der Waals surface area contributed by atoms with Gasteiger partial charge in [0, 0.05) is 12.0 Å². The second-order valence-corrected chi connectivity index (χ2v) is 6.37. The Morgan fingerprint density at radius 3 is 2.08 bits per heavy atom. The van der Waals surface area contributed by atoms with Crippen LogP contribution in [0.3, 0.4) is 0 Å². The Morgan fingerprint density at radius 2 is 1.65 bits per heavy atom. The van der Waals surface area contributed by atoms with Crippen LogP contribution in [0.1, 0.15) is 51.5 Å². The summed E-state index contributed by atoms with van der Waals surface area (Å²) in [7, 11) is 2.80. The highest BCUT2D eigenvalue weighted by molar-refractivity contribution is 5.93. The van der Waals surface area contributed by atoms with Crippen molar-refractivity contribution >= 4 is 11.9 Å². The van der Waals surface area contributed by atoms with Gasteiger partial charge in [0.1, 0.15) is 6.42 Å². The highest BCUT2D eigenvalue weighted by Gasteiger charge is 2.47. The first-order valence-corrected chi connectivity index (χ1v) is 8.78. The Bertz CT molecular complexity index is 627. The molecule has 1 aliphatic rings. The van der Waals surface area contributed by atoms with E-state index in [2.05, 4.69) is 6.92 Å². The molecule has 1 saturated heterocycles. The van der Waals surface area contributed by atoms with Gasteiger partial charge in [-0.1, -0.05) is 33.1 Å². The number of carbonyl (C=O) groups excluding carboxylic acids is 2. The molecule has 2 rings (SSSR count). The Balaban J connectivity index is 2.56. The van der Waals surface area contributed by atoms with Gasteiger partial charge in [0.15, 0.2) is 11.5 Å². The number of carbonyl (C=O) groups is 2. The van der Waals surface area contributed by atoms with Gasteiger partial charge in [0.05, 0.1) is 14.2 Å². The Kier molecular flexibility index (Phi) is 6.34. The number of rotatable bonds is 8. The van der Waals surface area contributed by atoms with Crippen molar-refractivity contribution in [3.05, 3.63) is 17.7 Å². The van der Waals surface area contributed by atoms with Gasteiger partial charge in [-0.3, -0.25) is 9.59 Å². The van der Waals surface area contributed by atoms with Gasteiger partial charge in [0.25, 0.3) is 5.79 Å². The number of phenols is 1. The predicted octanol–water partition coefficient (Wildman–Crippen LogP) is 3.27. The average molecular weight is 366 g/mol. The fourth-order valence-corrected chi connectivity index (χ4v) is 3.25. The highest BCUT2D eigenvalue weighted by Crippen LogP contribution is 2.45. The molecule has 1 heterocycles. The van der Waals surface area contributed by atoms with E-state index in [0.29, 0.717) is 12.0 Å². The van der Waals surface area contributed by atoms with Crippen molar-refractivity contribution in [2.24, 2.45) is 5.92 Å². The zero-order valence-corrected chi connectivity index (χ0v) is 15.7. The fraction of sp³-hybridized carbons (Fsp3) is 0.579. The van der Waals surface area contributed by atoms with Crippen molar-refractivity contribution in [3.63, 3.8) is 0 Å². The minimum atomic E-state index is -1.56. The van der Waals surface area contributed by atoms with Gasteiger partial charge in [0.2, 0.25) is 5.75 Å². The maximum atomic E-state index is 12.0. The van der Waals surface area contributed by atoms with E-state index in [-0.39, 0.29) is 23.2 Å². The van der Waals surface area contributed by atoms with Crippen LogP contribution < -0.4 is 9.47 Å². The summed E-state index contributed by atoms with van der Waals surface area (Å²) in [6.45, 7) is 4.11. The number of aromatic hydroxyl groups is 1. The molecule has 7 nitrogen and oxygen atoms in total. The van der Waals surface area contributed by atoms with Gasteiger partial charge >= 0.3 is 11.9 Å². The summed E-state index contributed by atoms with van der Waals surface area (Å²) in [5.41, 5.74) is 0.389. The average Bonchev–Trinajstić information content (AvgIpc) is 2.60. The Morgan fingerprint density at radius 1 is 1.12 bits per heavy atom. The van der Waals surface area contributed by atoms with E-state index in [1.165, 1.54) is 26.4 Å². The van der Waals surface area contributed by atoms with Crippen LogP contribution in [0.5, 0.6) is 17.2 Å². The van der Waals surface area contributed by atoms with E-state index in [9.17, 15) is 14.7 Å². The standard InChI is InChI=1S/C19H26O7/c1-5-7-12(6-2)11-19(25-16(20)10-17(21)26-19)13-8-14(23-3)18(22)15(9-13)24-4/h8-9,12,22H,5-7,10-11H2,1-4H3. The number of esters is 2. The first kappa shape index (κ1) is 19.9. The summed E-state index contributed by atoms with van der Waals surface area (Å²) in [6.07, 6.45) is 2.61. The lowest BCUT2D eigenvalue weighted by molar-refractivity contribution is -0.256. The van der Waals surface area contributed by atoms with Crippen LogP contribution in [0.15, 0.2) is 12.1 Å². The monoisotopic (exact) mass is 366 g/mol. The van der Waals surface area contributed by atoms with Crippen LogP contribution in [0, 0.1) is 5.92 Å². The number of hydrogen-bond acceptors (Lipinski definition) is 7. The van der Waals surface area contributed by atoms with Crippen LogP contribution in [-0.4, -0.2) is 31.3 Å². The van der Waals surface area contributed by atoms with E-state index in [1.807, 2.05) is 6.92 Å². The van der Waals surface area contributed by atoms with Gasteiger partial charge in [-0.05, 0) is 18.1 Å². The van der Waals surface area contributed by atoms with Crippen molar-refractivity contribution in [2.75, 3.05) is 14.2 Å². The summed E-state index contributed by atoms with van der Waals surface area (Å²) < 4.78 is 21.5. The first-order valence-electron chi connectivity index (χ1n) is 8.78. The van der Waals surface area contributed by atoms with Gasteiger partial charge in [-0.25, -0.2) is 0 Å². The van der Waals surface area contributed by atoms with Crippen LogP contribution in [-0.2, 0) is 24.8 Å². The maximum Gasteiger partial charge on any atom is 0.320 e. The SMILES string of the molecule is CCCC(CC)CC1(c2cc(OC)c(O)c(OC)c2)OC(=O)CC(=O)O1. The van der Waals surface area contributed by atoms with Crippen LogP contribution >= 0.6 is 0 Å². The number of ether oxygens (including phenoxy) is 4. The molecule has 0 bridgehead atoms. The third kappa shape index (κ3) is 4.03. The zero-order valence-electron chi connectivity index (χ0n) is 15.7. The molecule has 1 aliphatic heterocycles. The minimum Gasteiger partial charge on any atom is -0.502 e. The largest absolute Gasteiger partial charge is 0.502 e. The smallest absolute Gasteiger partial charge is 0.320 e. The lowest BCUT2D eigenvalue weighted by Crippen LogP contribution is -2.44. The molecule has 0 aliphatic carbocycles. The van der Waals surface area contributed by atoms with E-state index in [4.69, 9.17) is 18.9 Å². The van der Waals surface area contributed by atoms with Crippen molar-refractivity contribution in [2.45, 2.75) is 51.7 Å². The molecular formula is C19H26O7.